The van der Waals surface area contributed by atoms with Crippen LogP contribution in [0.5, 0.6) is 0 Å². The number of hydrogen-bond donors (Lipinski definition) is 1. The minimum absolute atomic E-state index is 0.0119. The van der Waals surface area contributed by atoms with Gasteiger partial charge in [-0.15, -0.1) is 0 Å². The lowest BCUT2D eigenvalue weighted by Crippen LogP contribution is -2.47. The summed E-state index contributed by atoms with van der Waals surface area (Å²) in [6.45, 7) is 9.03. The monoisotopic (exact) mass is 312 g/mol. The predicted octanol–water partition coefficient (Wildman–Crippen LogP) is 1.59. The second-order valence-electron chi connectivity index (χ2n) is 6.52. The van der Waals surface area contributed by atoms with Crippen LogP contribution in [0.25, 0.3) is 0 Å². The Bertz CT molecular complexity index is 412. The smallest absolute Gasteiger partial charge is 0.305 e. The van der Waals surface area contributed by atoms with Gasteiger partial charge in [0.05, 0.1) is 6.42 Å². The lowest BCUT2D eigenvalue weighted by atomic mass is 9.94. The van der Waals surface area contributed by atoms with E-state index in [9.17, 15) is 14.4 Å². The van der Waals surface area contributed by atoms with Gasteiger partial charge in [0, 0.05) is 37.5 Å². The Kier molecular flexibility index (Phi) is 6.84. The SMILES string of the molecule is CC(C)C(=O)N1CCC(C(=O)N(CCC(=O)O)C(C)C)CC1. The summed E-state index contributed by atoms with van der Waals surface area (Å²) in [6, 6.07) is -0.0119. The molecule has 1 N–H and O–H groups in total. The summed E-state index contributed by atoms with van der Waals surface area (Å²) in [4.78, 5) is 38.8. The minimum Gasteiger partial charge on any atom is -0.481 e. The summed E-state index contributed by atoms with van der Waals surface area (Å²) in [5.74, 6) is -0.858. The van der Waals surface area contributed by atoms with Crippen LogP contribution in [-0.4, -0.2) is 58.4 Å². The quantitative estimate of drug-likeness (QED) is 0.808. The lowest BCUT2D eigenvalue weighted by molar-refractivity contribution is -0.144. The Balaban J connectivity index is 2.58. The van der Waals surface area contributed by atoms with E-state index in [0.29, 0.717) is 25.9 Å². The molecular formula is C16H28N2O4. The molecule has 0 radical (unpaired) electrons. The molecule has 0 atom stereocenters. The average Bonchev–Trinajstić information content (AvgIpc) is 2.45. The summed E-state index contributed by atoms with van der Waals surface area (Å²) in [5, 5.41) is 8.80. The van der Waals surface area contributed by atoms with Crippen LogP contribution in [0, 0.1) is 11.8 Å². The molecule has 1 fully saturated rings. The molecule has 1 aliphatic rings. The average molecular weight is 312 g/mol. The van der Waals surface area contributed by atoms with E-state index in [1.54, 1.807) is 4.90 Å². The van der Waals surface area contributed by atoms with E-state index in [1.165, 1.54) is 0 Å². The van der Waals surface area contributed by atoms with Crippen LogP contribution in [0.4, 0.5) is 0 Å². The maximum Gasteiger partial charge on any atom is 0.305 e. The van der Waals surface area contributed by atoms with Crippen LogP contribution in [0.15, 0.2) is 0 Å². The molecule has 0 bridgehead atoms. The molecule has 22 heavy (non-hydrogen) atoms. The third-order valence-corrected chi connectivity index (χ3v) is 4.12. The fourth-order valence-electron chi connectivity index (χ4n) is 2.79. The molecule has 1 rings (SSSR count). The van der Waals surface area contributed by atoms with Crippen molar-refractivity contribution in [3.8, 4) is 0 Å². The van der Waals surface area contributed by atoms with Gasteiger partial charge >= 0.3 is 5.97 Å². The van der Waals surface area contributed by atoms with E-state index in [1.807, 2.05) is 32.6 Å². The Hall–Kier alpha value is -1.59. The zero-order chi connectivity index (χ0) is 16.9. The fourth-order valence-corrected chi connectivity index (χ4v) is 2.79. The van der Waals surface area contributed by atoms with Gasteiger partial charge in [-0.25, -0.2) is 0 Å². The van der Waals surface area contributed by atoms with Crippen molar-refractivity contribution in [2.75, 3.05) is 19.6 Å². The molecule has 1 saturated heterocycles. The molecule has 0 unspecified atom stereocenters. The van der Waals surface area contributed by atoms with Crippen LogP contribution in [-0.2, 0) is 14.4 Å². The number of nitrogens with zero attached hydrogens (tertiary/aromatic N) is 2. The van der Waals surface area contributed by atoms with Gasteiger partial charge in [-0.1, -0.05) is 13.8 Å². The minimum atomic E-state index is -0.893. The van der Waals surface area contributed by atoms with Crippen molar-refractivity contribution >= 4 is 17.8 Å². The maximum atomic E-state index is 12.6. The van der Waals surface area contributed by atoms with Crippen LogP contribution in [0.1, 0.15) is 47.0 Å². The highest BCUT2D eigenvalue weighted by molar-refractivity contribution is 5.81. The first kappa shape index (κ1) is 18.5. The highest BCUT2D eigenvalue weighted by atomic mass is 16.4. The maximum absolute atomic E-state index is 12.6. The van der Waals surface area contributed by atoms with Gasteiger partial charge in [0.25, 0.3) is 0 Å². The Morgan fingerprint density at radius 1 is 1.14 bits per heavy atom. The van der Waals surface area contributed by atoms with E-state index in [0.717, 1.165) is 0 Å². The van der Waals surface area contributed by atoms with Crippen molar-refractivity contribution in [2.24, 2.45) is 11.8 Å². The molecule has 1 aliphatic heterocycles. The van der Waals surface area contributed by atoms with Crippen molar-refractivity contribution in [1.29, 1.82) is 0 Å². The second-order valence-corrected chi connectivity index (χ2v) is 6.52. The Labute approximate surface area is 132 Å². The van der Waals surface area contributed by atoms with Crippen LogP contribution in [0.2, 0.25) is 0 Å². The van der Waals surface area contributed by atoms with Gasteiger partial charge in [-0.3, -0.25) is 14.4 Å². The van der Waals surface area contributed by atoms with Crippen molar-refractivity contribution in [3.05, 3.63) is 0 Å². The number of piperidine rings is 1. The summed E-state index contributed by atoms with van der Waals surface area (Å²) in [7, 11) is 0. The summed E-state index contributed by atoms with van der Waals surface area (Å²) in [5.41, 5.74) is 0. The highest BCUT2D eigenvalue weighted by Gasteiger charge is 2.31. The second kappa shape index (κ2) is 8.15. The molecule has 126 valence electrons. The summed E-state index contributed by atoms with van der Waals surface area (Å²) >= 11 is 0. The summed E-state index contributed by atoms with van der Waals surface area (Å²) < 4.78 is 0. The normalized spacial score (nSPS) is 16.2. The third kappa shape index (κ3) is 5.00. The molecule has 6 heteroatoms. The molecule has 1 heterocycles. The topological polar surface area (TPSA) is 77.9 Å². The number of amides is 2. The number of rotatable bonds is 6. The van der Waals surface area contributed by atoms with Crippen molar-refractivity contribution in [1.82, 2.24) is 9.80 Å². The van der Waals surface area contributed by atoms with E-state index in [4.69, 9.17) is 5.11 Å². The van der Waals surface area contributed by atoms with Gasteiger partial charge in [0.2, 0.25) is 11.8 Å². The summed E-state index contributed by atoms with van der Waals surface area (Å²) in [6.07, 6.45) is 1.29. The highest BCUT2D eigenvalue weighted by Crippen LogP contribution is 2.22. The number of likely N-dealkylation sites (tertiary alicyclic amines) is 1. The molecule has 2 amide bonds. The number of aliphatic carboxylic acids is 1. The Morgan fingerprint density at radius 3 is 2.09 bits per heavy atom. The van der Waals surface area contributed by atoms with Gasteiger partial charge in [0.15, 0.2) is 0 Å². The fraction of sp³-hybridized carbons (Fsp3) is 0.812. The van der Waals surface area contributed by atoms with E-state index in [-0.39, 0.29) is 42.7 Å². The number of carboxylic acids is 1. The van der Waals surface area contributed by atoms with Crippen molar-refractivity contribution < 1.29 is 19.5 Å². The first-order valence-corrected chi connectivity index (χ1v) is 8.05. The van der Waals surface area contributed by atoms with Crippen LogP contribution in [0.3, 0.4) is 0 Å². The Morgan fingerprint density at radius 2 is 1.68 bits per heavy atom. The molecule has 0 aliphatic carbocycles. The largest absolute Gasteiger partial charge is 0.481 e. The third-order valence-electron chi connectivity index (χ3n) is 4.12. The standard InChI is InChI=1S/C16H28N2O4/c1-11(2)15(21)17-8-5-13(6-9-17)16(22)18(12(3)4)10-7-14(19)20/h11-13H,5-10H2,1-4H3,(H,19,20). The van der Waals surface area contributed by atoms with Crippen LogP contribution >= 0.6 is 0 Å². The zero-order valence-electron chi connectivity index (χ0n) is 14.0. The molecule has 0 aromatic heterocycles. The number of carbonyl (C=O) groups is 3. The van der Waals surface area contributed by atoms with Crippen molar-refractivity contribution in [2.45, 2.75) is 53.0 Å². The van der Waals surface area contributed by atoms with E-state index >= 15 is 0 Å². The van der Waals surface area contributed by atoms with E-state index in [2.05, 4.69) is 0 Å². The van der Waals surface area contributed by atoms with Gasteiger partial charge in [-0.2, -0.15) is 0 Å². The zero-order valence-corrected chi connectivity index (χ0v) is 14.0. The molecule has 0 saturated carbocycles. The van der Waals surface area contributed by atoms with E-state index < -0.39 is 5.97 Å². The molecule has 6 nitrogen and oxygen atoms in total. The molecule has 0 aromatic carbocycles. The number of carbonyl (C=O) groups excluding carboxylic acids is 2. The van der Waals surface area contributed by atoms with Crippen LogP contribution < -0.4 is 0 Å². The van der Waals surface area contributed by atoms with Gasteiger partial charge < -0.3 is 14.9 Å². The first-order valence-electron chi connectivity index (χ1n) is 8.05. The molecule has 0 spiro atoms. The predicted molar refractivity (Wildman–Crippen MR) is 83.2 cm³/mol. The first-order chi connectivity index (χ1) is 10.2. The molecular weight excluding hydrogens is 284 g/mol. The van der Waals surface area contributed by atoms with Gasteiger partial charge in [0.1, 0.15) is 0 Å². The van der Waals surface area contributed by atoms with Gasteiger partial charge in [-0.05, 0) is 26.7 Å². The number of carboxylic acid groups (broad SMARTS) is 1. The molecule has 0 aromatic rings. The lowest BCUT2D eigenvalue weighted by Gasteiger charge is -2.36. The van der Waals surface area contributed by atoms with Crippen molar-refractivity contribution in [3.63, 3.8) is 0 Å². The number of hydrogen-bond acceptors (Lipinski definition) is 3.